The van der Waals surface area contributed by atoms with Crippen molar-refractivity contribution in [2.24, 2.45) is 5.41 Å². The largest absolute Gasteiger partial charge is 0.471 e. The minimum Gasteiger partial charge on any atom is -0.471 e. The van der Waals surface area contributed by atoms with E-state index in [1.165, 1.54) is 0 Å². The highest BCUT2D eigenvalue weighted by atomic mass is 16.5. The smallest absolute Gasteiger partial charge is 0.0973 e. The third-order valence-electron chi connectivity index (χ3n) is 2.69. The van der Waals surface area contributed by atoms with Gasteiger partial charge < -0.3 is 25.2 Å². The summed E-state index contributed by atoms with van der Waals surface area (Å²) >= 11 is 0. The second-order valence-corrected chi connectivity index (χ2v) is 4.32. The molecule has 4 N–H and O–H groups in total. The van der Waals surface area contributed by atoms with Gasteiger partial charge in [0.1, 0.15) is 0 Å². The highest BCUT2D eigenvalue weighted by Crippen LogP contribution is 2.11. The second kappa shape index (κ2) is 14.0. The van der Waals surface area contributed by atoms with E-state index in [0.717, 1.165) is 11.1 Å². The Bertz CT molecular complexity index is 338. The highest BCUT2D eigenvalue weighted by molar-refractivity contribution is 5.27. The molecule has 124 valence electrons. The van der Waals surface area contributed by atoms with E-state index in [1.54, 1.807) is 36.8 Å². The first-order chi connectivity index (χ1) is 10.5. The summed E-state index contributed by atoms with van der Waals surface area (Å²) in [6, 6.07) is 0. The lowest BCUT2D eigenvalue weighted by Gasteiger charge is -2.23. The molecule has 0 heterocycles. The molecule has 5 heteroatoms. The Kier molecular flexibility index (Phi) is 14.3. The first-order valence-corrected chi connectivity index (χ1v) is 6.52. The van der Waals surface area contributed by atoms with Crippen LogP contribution in [0.3, 0.4) is 0 Å². The van der Waals surface area contributed by atoms with Crippen molar-refractivity contribution in [2.75, 3.05) is 26.4 Å². The molecular formula is C17H26O5. The molecule has 0 rings (SSSR count). The monoisotopic (exact) mass is 310 g/mol. The van der Waals surface area contributed by atoms with Crippen LogP contribution in [0.25, 0.3) is 0 Å². The van der Waals surface area contributed by atoms with Gasteiger partial charge in [0.05, 0.1) is 44.4 Å². The first-order valence-electron chi connectivity index (χ1n) is 6.52. The molecule has 0 unspecified atom stereocenters. The van der Waals surface area contributed by atoms with Crippen LogP contribution in [0, 0.1) is 5.41 Å². The van der Waals surface area contributed by atoms with Crippen LogP contribution in [0.4, 0.5) is 0 Å². The number of aliphatic hydroxyl groups excluding tert-OH is 4. The SMILES string of the molecule is C=CC(C=C)=COC=C(C=C)C=C.OCC(CO)(CO)CO. The van der Waals surface area contributed by atoms with E-state index < -0.39 is 31.8 Å². The van der Waals surface area contributed by atoms with Crippen molar-refractivity contribution < 1.29 is 25.2 Å². The summed E-state index contributed by atoms with van der Waals surface area (Å²) in [5.41, 5.74) is 0.535. The third-order valence-corrected chi connectivity index (χ3v) is 2.69. The molecule has 0 amide bonds. The van der Waals surface area contributed by atoms with E-state index in [4.69, 9.17) is 25.2 Å². The fourth-order valence-corrected chi connectivity index (χ4v) is 0.850. The molecule has 0 saturated carbocycles. The van der Waals surface area contributed by atoms with E-state index in [1.807, 2.05) is 0 Å². The van der Waals surface area contributed by atoms with Crippen LogP contribution >= 0.6 is 0 Å². The van der Waals surface area contributed by atoms with Crippen LogP contribution in [0.2, 0.25) is 0 Å². The Hall–Kier alpha value is -1.92. The molecule has 0 bridgehead atoms. The molecule has 0 aromatic heterocycles. The van der Waals surface area contributed by atoms with Gasteiger partial charge in [0, 0.05) is 11.1 Å². The molecule has 0 aromatic rings. The van der Waals surface area contributed by atoms with Crippen LogP contribution < -0.4 is 0 Å². The molecule has 0 aliphatic rings. The molecule has 0 aromatic carbocycles. The van der Waals surface area contributed by atoms with Crippen molar-refractivity contribution in [3.05, 3.63) is 74.3 Å². The zero-order valence-electron chi connectivity index (χ0n) is 12.8. The summed E-state index contributed by atoms with van der Waals surface area (Å²) in [5, 5.41) is 34.0. The van der Waals surface area contributed by atoms with Gasteiger partial charge in [-0.15, -0.1) is 0 Å². The van der Waals surface area contributed by atoms with Crippen LogP contribution in [0.15, 0.2) is 74.3 Å². The average molecular weight is 310 g/mol. The van der Waals surface area contributed by atoms with E-state index in [-0.39, 0.29) is 0 Å². The fraction of sp³-hybridized carbons (Fsp3) is 0.294. The lowest BCUT2D eigenvalue weighted by Crippen LogP contribution is -2.37. The van der Waals surface area contributed by atoms with Crippen LogP contribution in [-0.2, 0) is 4.74 Å². The van der Waals surface area contributed by atoms with Gasteiger partial charge >= 0.3 is 0 Å². The normalized spacial score (nSPS) is 9.45. The average Bonchev–Trinajstić information content (AvgIpc) is 2.58. The zero-order chi connectivity index (χ0) is 17.4. The lowest BCUT2D eigenvalue weighted by atomic mass is 9.93. The van der Waals surface area contributed by atoms with Crippen molar-refractivity contribution in [3.63, 3.8) is 0 Å². The highest BCUT2D eigenvalue weighted by Gasteiger charge is 2.26. The molecule has 0 radical (unpaired) electrons. The van der Waals surface area contributed by atoms with Gasteiger partial charge in [0.25, 0.3) is 0 Å². The van der Waals surface area contributed by atoms with E-state index in [2.05, 4.69) is 26.3 Å². The van der Waals surface area contributed by atoms with Gasteiger partial charge in [0.15, 0.2) is 0 Å². The quantitative estimate of drug-likeness (QED) is 0.362. The molecule has 0 saturated heterocycles. The summed E-state index contributed by atoms with van der Waals surface area (Å²) in [5.74, 6) is 0. The molecule has 5 nitrogen and oxygen atoms in total. The molecule has 0 aliphatic heterocycles. The maximum absolute atomic E-state index is 8.50. The lowest BCUT2D eigenvalue weighted by molar-refractivity contribution is -0.0328. The fourth-order valence-electron chi connectivity index (χ4n) is 0.850. The molecule has 0 aliphatic carbocycles. The molecule has 0 atom stereocenters. The Morgan fingerprint density at radius 2 is 0.955 bits per heavy atom. The molecule has 0 spiro atoms. The van der Waals surface area contributed by atoms with Crippen molar-refractivity contribution in [1.29, 1.82) is 0 Å². The molecular weight excluding hydrogens is 284 g/mol. The maximum Gasteiger partial charge on any atom is 0.0973 e. The van der Waals surface area contributed by atoms with E-state index in [0.29, 0.717) is 0 Å². The Labute approximate surface area is 132 Å². The summed E-state index contributed by atoms with van der Waals surface area (Å²) in [6.45, 7) is 12.7. The van der Waals surface area contributed by atoms with Crippen LogP contribution in [-0.4, -0.2) is 46.9 Å². The van der Waals surface area contributed by atoms with Gasteiger partial charge in [-0.25, -0.2) is 0 Å². The van der Waals surface area contributed by atoms with Crippen molar-refractivity contribution in [3.8, 4) is 0 Å². The van der Waals surface area contributed by atoms with Gasteiger partial charge in [-0.3, -0.25) is 0 Å². The third kappa shape index (κ3) is 9.10. The van der Waals surface area contributed by atoms with Crippen LogP contribution in [0.1, 0.15) is 0 Å². The molecule has 0 fully saturated rings. The van der Waals surface area contributed by atoms with Gasteiger partial charge in [0.2, 0.25) is 0 Å². The number of ether oxygens (including phenoxy) is 1. The Morgan fingerprint density at radius 3 is 1.09 bits per heavy atom. The summed E-state index contributed by atoms with van der Waals surface area (Å²) in [6.07, 6.45) is 9.72. The number of rotatable bonds is 10. The van der Waals surface area contributed by atoms with Crippen molar-refractivity contribution >= 4 is 0 Å². The maximum atomic E-state index is 8.50. The predicted octanol–water partition coefficient (Wildman–Crippen LogP) is 1.46. The first kappa shape index (κ1) is 22.4. The molecule has 22 heavy (non-hydrogen) atoms. The topological polar surface area (TPSA) is 90.2 Å². The Morgan fingerprint density at radius 1 is 0.682 bits per heavy atom. The summed E-state index contributed by atoms with van der Waals surface area (Å²) in [7, 11) is 0. The predicted molar refractivity (Wildman–Crippen MR) is 88.8 cm³/mol. The van der Waals surface area contributed by atoms with Crippen molar-refractivity contribution in [2.45, 2.75) is 0 Å². The summed E-state index contributed by atoms with van der Waals surface area (Å²) in [4.78, 5) is 0. The number of hydrogen-bond acceptors (Lipinski definition) is 5. The van der Waals surface area contributed by atoms with Crippen LogP contribution in [0.5, 0.6) is 0 Å². The van der Waals surface area contributed by atoms with Gasteiger partial charge in [-0.1, -0.05) is 50.6 Å². The van der Waals surface area contributed by atoms with E-state index in [9.17, 15) is 0 Å². The van der Waals surface area contributed by atoms with Crippen molar-refractivity contribution in [1.82, 2.24) is 0 Å². The standard InChI is InChI=1S/C12H14O.C5H12O4/c1-5-11(6-2)9-13-10-12(7-3)8-4;6-1-5(2-7,3-8)4-9/h5-10H,1-4H2;6-9H,1-4H2. The van der Waals surface area contributed by atoms with Gasteiger partial charge in [-0.2, -0.15) is 0 Å². The number of hydrogen-bond donors (Lipinski definition) is 4. The summed E-state index contributed by atoms with van der Waals surface area (Å²) < 4.78 is 5.11. The number of allylic oxidation sites excluding steroid dienone is 6. The Balaban J connectivity index is 0. The zero-order valence-corrected chi connectivity index (χ0v) is 12.8. The second-order valence-electron chi connectivity index (χ2n) is 4.32. The number of aliphatic hydroxyl groups is 4. The minimum atomic E-state index is -1.11. The van der Waals surface area contributed by atoms with E-state index >= 15 is 0 Å². The minimum absolute atomic E-state index is 0.406. The van der Waals surface area contributed by atoms with Gasteiger partial charge in [-0.05, 0) is 0 Å².